The van der Waals surface area contributed by atoms with Gasteiger partial charge in [-0.3, -0.25) is 24.6 Å². The summed E-state index contributed by atoms with van der Waals surface area (Å²) in [5, 5.41) is 13.1. The van der Waals surface area contributed by atoms with Gasteiger partial charge in [0.1, 0.15) is 5.60 Å². The fraction of sp³-hybridized carbons (Fsp3) is 0.360. The molecule has 4 rings (SSSR count). The van der Waals surface area contributed by atoms with E-state index in [9.17, 15) is 9.90 Å². The van der Waals surface area contributed by atoms with Gasteiger partial charge in [-0.15, -0.1) is 0 Å². The Bertz CT molecular complexity index is 1070. The normalized spacial score (nSPS) is 16.8. The molecular formula is C25H29N5O2. The van der Waals surface area contributed by atoms with Crippen molar-refractivity contribution in [3.05, 3.63) is 72.1 Å². The molecule has 2 aromatic heterocycles. The quantitative estimate of drug-likeness (QED) is 0.619. The summed E-state index contributed by atoms with van der Waals surface area (Å²) in [5.74, 6) is 0.00740. The Balaban J connectivity index is 1.40. The second-order valence-electron chi connectivity index (χ2n) is 8.77. The fourth-order valence-electron chi connectivity index (χ4n) is 3.99. The van der Waals surface area contributed by atoms with Gasteiger partial charge in [-0.2, -0.15) is 0 Å². The molecule has 1 unspecified atom stereocenters. The van der Waals surface area contributed by atoms with E-state index < -0.39 is 5.60 Å². The first kappa shape index (κ1) is 22.0. The van der Waals surface area contributed by atoms with Crippen LogP contribution in [0.5, 0.6) is 0 Å². The molecule has 1 aliphatic rings. The van der Waals surface area contributed by atoms with Crippen molar-refractivity contribution in [3.8, 4) is 11.1 Å². The van der Waals surface area contributed by atoms with Crippen molar-refractivity contribution in [2.24, 2.45) is 0 Å². The molecule has 0 bridgehead atoms. The van der Waals surface area contributed by atoms with Gasteiger partial charge in [-0.25, -0.2) is 0 Å². The molecule has 1 saturated heterocycles. The molecule has 3 aromatic rings. The smallest absolute Gasteiger partial charge is 0.241 e. The van der Waals surface area contributed by atoms with Crippen LogP contribution in [0, 0.1) is 6.92 Å². The Hall–Kier alpha value is -3.16. The number of aryl methyl sites for hydroxylation is 1. The Kier molecular flexibility index (Phi) is 6.30. The third kappa shape index (κ3) is 5.00. The molecule has 1 amide bonds. The van der Waals surface area contributed by atoms with Crippen LogP contribution in [-0.4, -0.2) is 43.5 Å². The first-order valence-electron chi connectivity index (χ1n) is 10.9. The number of hydrogen-bond donors (Lipinski definition) is 2. The number of hydrogen-bond acceptors (Lipinski definition) is 6. The van der Waals surface area contributed by atoms with Crippen LogP contribution >= 0.6 is 0 Å². The van der Waals surface area contributed by atoms with Gasteiger partial charge in [-0.1, -0.05) is 18.2 Å². The highest BCUT2D eigenvalue weighted by Crippen LogP contribution is 2.25. The summed E-state index contributed by atoms with van der Waals surface area (Å²) < 4.78 is 0. The molecule has 7 heteroatoms. The van der Waals surface area contributed by atoms with E-state index in [-0.39, 0.29) is 11.9 Å². The largest absolute Gasteiger partial charge is 0.384 e. The van der Waals surface area contributed by atoms with Crippen molar-refractivity contribution in [2.75, 3.05) is 11.9 Å². The molecule has 0 aliphatic carbocycles. The number of benzene rings is 1. The third-order valence-corrected chi connectivity index (χ3v) is 5.88. The number of nitrogens with zero attached hydrogens (tertiary/aromatic N) is 4. The van der Waals surface area contributed by atoms with Gasteiger partial charge in [0, 0.05) is 36.4 Å². The Labute approximate surface area is 188 Å². The summed E-state index contributed by atoms with van der Waals surface area (Å²) in [6.07, 6.45) is 6.97. The number of carbonyl (C=O) groups excluding carboxylic acids is 1. The summed E-state index contributed by atoms with van der Waals surface area (Å²) >= 11 is 0. The maximum atomic E-state index is 13.0. The van der Waals surface area contributed by atoms with E-state index in [1.54, 1.807) is 32.4 Å². The van der Waals surface area contributed by atoms with Gasteiger partial charge in [0.15, 0.2) is 0 Å². The minimum absolute atomic E-state index is 0.00740. The molecule has 1 aliphatic heterocycles. The highest BCUT2D eigenvalue weighted by molar-refractivity contribution is 5.95. The number of carbonyl (C=O) groups is 1. The van der Waals surface area contributed by atoms with E-state index in [1.165, 1.54) is 0 Å². The zero-order valence-corrected chi connectivity index (χ0v) is 18.7. The number of amides is 1. The fourth-order valence-corrected chi connectivity index (χ4v) is 3.99. The number of likely N-dealkylation sites (tertiary alicyclic amines) is 1. The summed E-state index contributed by atoms with van der Waals surface area (Å²) in [7, 11) is 0. The van der Waals surface area contributed by atoms with Crippen molar-refractivity contribution in [3.63, 3.8) is 0 Å². The zero-order valence-electron chi connectivity index (χ0n) is 18.7. The zero-order chi connectivity index (χ0) is 22.7. The SMILES string of the molecule is Cc1nccnc1CN1CCCC1C(=O)Nc1ccc(-c2ccc(C(C)(C)O)nc2)cc1. The minimum atomic E-state index is -0.966. The summed E-state index contributed by atoms with van der Waals surface area (Å²) in [5.41, 5.74) is 4.20. The molecule has 0 spiro atoms. The lowest BCUT2D eigenvalue weighted by Gasteiger charge is -2.23. The maximum absolute atomic E-state index is 13.0. The first-order valence-corrected chi connectivity index (χ1v) is 10.9. The van der Waals surface area contributed by atoms with E-state index in [0.29, 0.717) is 12.2 Å². The molecule has 7 nitrogen and oxygen atoms in total. The number of nitrogens with one attached hydrogen (secondary N) is 1. The van der Waals surface area contributed by atoms with Gasteiger partial charge >= 0.3 is 0 Å². The highest BCUT2D eigenvalue weighted by atomic mass is 16.3. The number of rotatable bonds is 6. The molecular weight excluding hydrogens is 402 g/mol. The van der Waals surface area contributed by atoms with Crippen molar-refractivity contribution in [1.82, 2.24) is 19.9 Å². The molecule has 1 fully saturated rings. The predicted octanol–water partition coefficient (Wildman–Crippen LogP) is 3.68. The molecule has 2 N–H and O–H groups in total. The molecule has 32 heavy (non-hydrogen) atoms. The number of anilines is 1. The average molecular weight is 432 g/mol. The van der Waals surface area contributed by atoms with Crippen molar-refractivity contribution < 1.29 is 9.90 Å². The van der Waals surface area contributed by atoms with Crippen molar-refractivity contribution in [1.29, 1.82) is 0 Å². The van der Waals surface area contributed by atoms with Crippen LogP contribution in [0.15, 0.2) is 55.0 Å². The minimum Gasteiger partial charge on any atom is -0.384 e. The van der Waals surface area contributed by atoms with Crippen LogP contribution in [0.3, 0.4) is 0 Å². The Morgan fingerprint density at radius 2 is 1.81 bits per heavy atom. The molecule has 3 heterocycles. The Morgan fingerprint density at radius 3 is 2.47 bits per heavy atom. The second-order valence-corrected chi connectivity index (χ2v) is 8.77. The number of pyridine rings is 1. The van der Waals surface area contributed by atoms with Crippen LogP contribution in [-0.2, 0) is 16.9 Å². The van der Waals surface area contributed by atoms with Crippen LogP contribution in [0.2, 0.25) is 0 Å². The van der Waals surface area contributed by atoms with E-state index in [4.69, 9.17) is 0 Å². The van der Waals surface area contributed by atoms with Crippen LogP contribution in [0.4, 0.5) is 5.69 Å². The molecule has 1 atom stereocenters. The van der Waals surface area contributed by atoms with Gasteiger partial charge < -0.3 is 10.4 Å². The van der Waals surface area contributed by atoms with Crippen LogP contribution < -0.4 is 5.32 Å². The summed E-state index contributed by atoms with van der Waals surface area (Å²) in [4.78, 5) is 28.2. The third-order valence-electron chi connectivity index (χ3n) is 5.88. The summed E-state index contributed by atoms with van der Waals surface area (Å²) in [6, 6.07) is 11.3. The van der Waals surface area contributed by atoms with Gasteiger partial charge in [0.05, 0.1) is 23.1 Å². The molecule has 0 saturated carbocycles. The lowest BCUT2D eigenvalue weighted by atomic mass is 10.0. The average Bonchev–Trinajstić information content (AvgIpc) is 3.24. The lowest BCUT2D eigenvalue weighted by Crippen LogP contribution is -2.39. The van der Waals surface area contributed by atoms with Gasteiger partial charge in [0.2, 0.25) is 5.91 Å². The number of aromatic nitrogens is 3. The molecule has 0 radical (unpaired) electrons. The van der Waals surface area contributed by atoms with E-state index in [0.717, 1.165) is 47.6 Å². The topological polar surface area (TPSA) is 91.2 Å². The standard InChI is InChI=1S/C25H29N5O2/c1-17-21(27-13-12-26-17)16-30-14-4-5-22(30)24(31)29-20-9-6-18(7-10-20)19-8-11-23(28-15-19)25(2,3)32/h6-13,15,22,32H,4-5,14,16H2,1-3H3,(H,29,31). The van der Waals surface area contributed by atoms with Crippen LogP contribution in [0.25, 0.3) is 11.1 Å². The lowest BCUT2D eigenvalue weighted by molar-refractivity contribution is -0.120. The maximum Gasteiger partial charge on any atom is 0.241 e. The van der Waals surface area contributed by atoms with E-state index >= 15 is 0 Å². The monoisotopic (exact) mass is 431 g/mol. The predicted molar refractivity (Wildman–Crippen MR) is 124 cm³/mol. The van der Waals surface area contributed by atoms with E-state index in [1.807, 2.05) is 43.3 Å². The molecule has 1 aromatic carbocycles. The highest BCUT2D eigenvalue weighted by Gasteiger charge is 2.31. The van der Waals surface area contributed by atoms with Crippen molar-refractivity contribution >= 4 is 11.6 Å². The van der Waals surface area contributed by atoms with Gasteiger partial charge in [-0.05, 0) is 63.9 Å². The van der Waals surface area contributed by atoms with Crippen LogP contribution in [0.1, 0.15) is 43.8 Å². The first-order chi connectivity index (χ1) is 15.3. The molecule has 166 valence electrons. The number of aliphatic hydroxyl groups is 1. The van der Waals surface area contributed by atoms with Gasteiger partial charge in [0.25, 0.3) is 0 Å². The summed E-state index contributed by atoms with van der Waals surface area (Å²) in [6.45, 7) is 6.88. The van der Waals surface area contributed by atoms with Crippen molar-refractivity contribution in [2.45, 2.75) is 51.8 Å². The van der Waals surface area contributed by atoms with E-state index in [2.05, 4.69) is 25.2 Å². The Morgan fingerprint density at radius 1 is 1.09 bits per heavy atom. The second kappa shape index (κ2) is 9.14.